The minimum absolute atomic E-state index is 0.0187. The van der Waals surface area contributed by atoms with Crippen LogP contribution in [0.1, 0.15) is 32.6 Å². The van der Waals surface area contributed by atoms with Gasteiger partial charge in [0.05, 0.1) is 17.5 Å². The van der Waals surface area contributed by atoms with Gasteiger partial charge in [-0.05, 0) is 54.6 Å². The molecule has 3 nitrogen and oxygen atoms in total. The van der Waals surface area contributed by atoms with Crippen LogP contribution in [-0.2, 0) is 9.53 Å². The van der Waals surface area contributed by atoms with Crippen LogP contribution in [0.4, 0.5) is 5.00 Å². The van der Waals surface area contributed by atoms with Crippen LogP contribution in [0.2, 0.25) is 0 Å². The second kappa shape index (κ2) is 6.57. The van der Waals surface area contributed by atoms with E-state index in [-0.39, 0.29) is 11.9 Å². The molecule has 1 fully saturated rings. The Morgan fingerprint density at radius 1 is 1.50 bits per heavy atom. The molecule has 1 saturated carbocycles. The lowest BCUT2D eigenvalue weighted by molar-refractivity contribution is -0.149. The van der Waals surface area contributed by atoms with E-state index in [1.165, 1.54) is 5.00 Å². The Bertz CT molecular complexity index is 399. The van der Waals surface area contributed by atoms with Crippen molar-refractivity contribution in [1.82, 2.24) is 0 Å². The van der Waals surface area contributed by atoms with E-state index in [9.17, 15) is 4.79 Å². The predicted molar refractivity (Wildman–Crippen MR) is 78.0 cm³/mol. The normalized spacial score (nSPS) is 23.7. The molecule has 0 aromatic carbocycles. The molecule has 0 bridgehead atoms. The Hall–Kier alpha value is -0.550. The molecule has 1 aliphatic carbocycles. The third kappa shape index (κ3) is 3.72. The van der Waals surface area contributed by atoms with Crippen molar-refractivity contribution in [2.75, 3.05) is 11.9 Å². The zero-order chi connectivity index (χ0) is 13.0. The summed E-state index contributed by atoms with van der Waals surface area (Å²) in [5.41, 5.74) is 0. The lowest BCUT2D eigenvalue weighted by Gasteiger charge is -2.28. The van der Waals surface area contributed by atoms with Crippen LogP contribution >= 0.6 is 27.3 Å². The molecule has 0 aliphatic heterocycles. The first-order chi connectivity index (χ1) is 8.69. The molecule has 0 radical (unpaired) electrons. The number of thiophene rings is 1. The number of ether oxygens (including phenoxy) is 1. The van der Waals surface area contributed by atoms with Crippen molar-refractivity contribution in [2.24, 2.45) is 5.92 Å². The molecule has 1 aliphatic rings. The second-order valence-electron chi connectivity index (χ2n) is 4.57. The van der Waals surface area contributed by atoms with Crippen molar-refractivity contribution >= 4 is 38.2 Å². The van der Waals surface area contributed by atoms with Gasteiger partial charge in [0, 0.05) is 15.9 Å². The largest absolute Gasteiger partial charge is 0.466 e. The number of carbonyl (C=O) groups is 1. The molecule has 0 spiro atoms. The molecule has 5 heteroatoms. The van der Waals surface area contributed by atoms with Gasteiger partial charge in [0.1, 0.15) is 0 Å². The maximum atomic E-state index is 11.6. The summed E-state index contributed by atoms with van der Waals surface area (Å²) in [4.78, 5) is 11.6. The molecule has 0 atom stereocenters. The Balaban J connectivity index is 1.78. The van der Waals surface area contributed by atoms with E-state index >= 15 is 0 Å². The van der Waals surface area contributed by atoms with Gasteiger partial charge in [-0.25, -0.2) is 0 Å². The van der Waals surface area contributed by atoms with Crippen molar-refractivity contribution < 1.29 is 9.53 Å². The Kier molecular flexibility index (Phi) is 5.06. The predicted octanol–water partition coefficient (Wildman–Crippen LogP) is 4.04. The van der Waals surface area contributed by atoms with E-state index in [2.05, 4.69) is 32.7 Å². The van der Waals surface area contributed by atoms with Gasteiger partial charge in [0.25, 0.3) is 0 Å². The van der Waals surface area contributed by atoms with Gasteiger partial charge in [-0.1, -0.05) is 0 Å². The highest BCUT2D eigenvalue weighted by Crippen LogP contribution is 2.30. The molecule has 0 amide bonds. The first-order valence-electron chi connectivity index (χ1n) is 6.36. The standard InChI is InChI=1S/C13H18BrNO2S/c1-2-17-13(16)9-3-5-11(6-4-9)15-12-7-10(14)8-18-12/h7-9,11,15H,2-6H2,1H3. The summed E-state index contributed by atoms with van der Waals surface area (Å²) in [6.45, 7) is 2.35. The average Bonchev–Trinajstić information content (AvgIpc) is 2.76. The van der Waals surface area contributed by atoms with Gasteiger partial charge < -0.3 is 10.1 Å². The topological polar surface area (TPSA) is 38.3 Å². The fourth-order valence-corrected chi connectivity index (χ4v) is 3.72. The maximum Gasteiger partial charge on any atom is 0.308 e. The number of nitrogens with one attached hydrogen (secondary N) is 1. The third-order valence-corrected chi connectivity index (χ3v) is 4.88. The van der Waals surface area contributed by atoms with Gasteiger partial charge in [0.15, 0.2) is 0 Å². The van der Waals surface area contributed by atoms with Crippen LogP contribution in [-0.4, -0.2) is 18.6 Å². The molecule has 0 unspecified atom stereocenters. The molecule has 1 heterocycles. The summed E-state index contributed by atoms with van der Waals surface area (Å²) in [6, 6.07) is 2.59. The van der Waals surface area contributed by atoms with Crippen molar-refractivity contribution in [3.63, 3.8) is 0 Å². The van der Waals surface area contributed by atoms with E-state index in [1.807, 2.05) is 6.92 Å². The monoisotopic (exact) mass is 331 g/mol. The first kappa shape index (κ1) is 13.9. The highest BCUT2D eigenvalue weighted by molar-refractivity contribution is 9.10. The fourth-order valence-electron chi connectivity index (χ4n) is 2.32. The minimum atomic E-state index is -0.0187. The number of anilines is 1. The lowest BCUT2D eigenvalue weighted by atomic mass is 9.86. The van der Waals surface area contributed by atoms with Gasteiger partial charge in [-0.2, -0.15) is 0 Å². The zero-order valence-electron chi connectivity index (χ0n) is 10.4. The molecular formula is C13H18BrNO2S. The van der Waals surface area contributed by atoms with E-state index in [0.717, 1.165) is 30.2 Å². The van der Waals surface area contributed by atoms with Crippen LogP contribution in [0, 0.1) is 5.92 Å². The highest BCUT2D eigenvalue weighted by atomic mass is 79.9. The van der Waals surface area contributed by atoms with Gasteiger partial charge in [0.2, 0.25) is 0 Å². The van der Waals surface area contributed by atoms with Gasteiger partial charge in [-0.15, -0.1) is 11.3 Å². The highest BCUT2D eigenvalue weighted by Gasteiger charge is 2.27. The van der Waals surface area contributed by atoms with Crippen LogP contribution in [0.15, 0.2) is 15.9 Å². The van der Waals surface area contributed by atoms with Crippen LogP contribution in [0.25, 0.3) is 0 Å². The summed E-state index contributed by atoms with van der Waals surface area (Å²) in [7, 11) is 0. The van der Waals surface area contributed by atoms with Gasteiger partial charge >= 0.3 is 5.97 Å². The summed E-state index contributed by atoms with van der Waals surface area (Å²) in [5, 5.41) is 6.80. The number of hydrogen-bond donors (Lipinski definition) is 1. The van der Waals surface area contributed by atoms with Crippen LogP contribution in [0.3, 0.4) is 0 Å². The quantitative estimate of drug-likeness (QED) is 0.846. The van der Waals surface area contributed by atoms with Crippen LogP contribution < -0.4 is 5.32 Å². The van der Waals surface area contributed by atoms with E-state index in [0.29, 0.717) is 12.6 Å². The number of hydrogen-bond acceptors (Lipinski definition) is 4. The Labute approximate surface area is 120 Å². The fraction of sp³-hybridized carbons (Fsp3) is 0.615. The van der Waals surface area contributed by atoms with Crippen molar-refractivity contribution in [1.29, 1.82) is 0 Å². The molecule has 2 rings (SSSR count). The van der Waals surface area contributed by atoms with E-state index < -0.39 is 0 Å². The summed E-state index contributed by atoms with van der Waals surface area (Å²) >= 11 is 5.16. The molecular weight excluding hydrogens is 314 g/mol. The maximum absolute atomic E-state index is 11.6. The van der Waals surface area contributed by atoms with E-state index in [4.69, 9.17) is 4.74 Å². The Morgan fingerprint density at radius 2 is 2.22 bits per heavy atom. The molecule has 1 aromatic rings. The van der Waals surface area contributed by atoms with Crippen molar-refractivity contribution in [2.45, 2.75) is 38.6 Å². The molecule has 1 aromatic heterocycles. The molecule has 1 N–H and O–H groups in total. The first-order valence-corrected chi connectivity index (χ1v) is 8.03. The summed E-state index contributed by atoms with van der Waals surface area (Å²) in [5.74, 6) is 0.0906. The minimum Gasteiger partial charge on any atom is -0.466 e. The molecule has 18 heavy (non-hydrogen) atoms. The third-order valence-electron chi connectivity index (χ3n) is 3.26. The summed E-state index contributed by atoms with van der Waals surface area (Å²) in [6.07, 6.45) is 3.95. The SMILES string of the molecule is CCOC(=O)C1CCC(Nc2cc(Br)cs2)CC1. The number of esters is 1. The molecule has 0 saturated heterocycles. The number of halogens is 1. The van der Waals surface area contributed by atoms with Crippen molar-refractivity contribution in [3.8, 4) is 0 Å². The Morgan fingerprint density at radius 3 is 2.78 bits per heavy atom. The van der Waals surface area contributed by atoms with Gasteiger partial charge in [-0.3, -0.25) is 4.79 Å². The van der Waals surface area contributed by atoms with E-state index in [1.54, 1.807) is 11.3 Å². The number of rotatable bonds is 4. The van der Waals surface area contributed by atoms with Crippen molar-refractivity contribution in [3.05, 3.63) is 15.9 Å². The molecule has 100 valence electrons. The summed E-state index contributed by atoms with van der Waals surface area (Å²) < 4.78 is 6.20. The lowest BCUT2D eigenvalue weighted by Crippen LogP contribution is -2.30. The average molecular weight is 332 g/mol. The number of carbonyl (C=O) groups excluding carboxylic acids is 1. The zero-order valence-corrected chi connectivity index (χ0v) is 12.9. The van der Waals surface area contributed by atoms with Crippen LogP contribution in [0.5, 0.6) is 0 Å². The second-order valence-corrected chi connectivity index (χ2v) is 6.40. The smallest absolute Gasteiger partial charge is 0.308 e.